The number of nitrogens with one attached hydrogen (secondary N) is 5. The minimum atomic E-state index is -3.28. The Balaban J connectivity index is 0.868. The molecule has 10 rings (SSSR count). The van der Waals surface area contributed by atoms with Gasteiger partial charge in [-0.3, -0.25) is 9.59 Å². The van der Waals surface area contributed by atoms with Crippen molar-refractivity contribution in [3.8, 4) is 33.5 Å². The van der Waals surface area contributed by atoms with Gasteiger partial charge >= 0.3 is 12.2 Å². The van der Waals surface area contributed by atoms with Gasteiger partial charge in [0.05, 0.1) is 43.4 Å². The summed E-state index contributed by atoms with van der Waals surface area (Å²) in [6.45, 7) is 8.12. The number of carbonyl (C=O) groups is 4. The van der Waals surface area contributed by atoms with Crippen LogP contribution >= 0.6 is 0 Å². The molecule has 65 heavy (non-hydrogen) atoms. The van der Waals surface area contributed by atoms with E-state index in [4.69, 9.17) is 14.5 Å². The maximum atomic E-state index is 16.7. The summed E-state index contributed by atoms with van der Waals surface area (Å²) in [4.78, 5) is 64.4. The molecule has 2 saturated carbocycles. The number of aromatic nitrogens is 2. The molecule has 3 aliphatic heterocycles. The third-order valence-corrected chi connectivity index (χ3v) is 15.0. The summed E-state index contributed by atoms with van der Waals surface area (Å²) in [5, 5.41) is 12.7. The summed E-state index contributed by atoms with van der Waals surface area (Å²) in [6, 6.07) is 14.2. The molecule has 4 aromatic rings. The zero-order chi connectivity index (χ0) is 45.7. The van der Waals surface area contributed by atoms with Gasteiger partial charge in [0, 0.05) is 35.5 Å². The number of alkyl carbamates (subject to hydrolysis) is 2. The van der Waals surface area contributed by atoms with E-state index in [2.05, 4.69) is 26.3 Å². The third-order valence-electron chi connectivity index (χ3n) is 15.0. The van der Waals surface area contributed by atoms with E-state index in [9.17, 15) is 19.2 Å². The first kappa shape index (κ1) is 42.7. The summed E-state index contributed by atoms with van der Waals surface area (Å²) >= 11 is 0. The molecule has 0 radical (unpaired) electrons. The summed E-state index contributed by atoms with van der Waals surface area (Å²) < 4.78 is 43.0. The normalized spacial score (nSPS) is 24.6. The highest BCUT2D eigenvalue weighted by molar-refractivity contribution is 5.89. The fourth-order valence-electron chi connectivity index (χ4n) is 11.3. The minimum absolute atomic E-state index is 0.0127. The lowest BCUT2D eigenvalue weighted by Crippen LogP contribution is -2.60. The molecule has 6 aliphatic rings. The number of hydrogen-bond acceptors (Lipinski definition) is 9. The average Bonchev–Trinajstić information content (AvgIpc) is 3.95. The molecule has 3 aromatic carbocycles. The monoisotopic (exact) mass is 890 g/mol. The van der Waals surface area contributed by atoms with E-state index >= 15 is 8.78 Å². The molecular formula is C49H56F2N8O6. The van der Waals surface area contributed by atoms with Crippen LogP contribution in [0.1, 0.15) is 89.2 Å². The standard InChI is InChI=1S/C49H56F2N8O6/c1-24(2)39(56-46(62)64-5)44(60)58-23-48(15-16-48)21-38(58)42-52-22-37(55-42)28-9-13-32-31-12-8-26(18-33(31)49(50,51)34(32)19-28)27-10-14-35-36(20-27)54-43(53-35)41-29-7-11-30(17-29)59(41)45(61)40(25(3)4)57-47(63)65-6/h8-10,12-14,18-20,22,24-25,29-30,38-41,43,53-54H,7,11,15-17,21,23H2,1-6H3,(H,52,55)(H,56,62)(H,57,63)/t29-,30+,38-,39-,40-,41-,43?/m0/s1. The summed E-state index contributed by atoms with van der Waals surface area (Å²) in [6.07, 6.45) is 5.68. The lowest BCUT2D eigenvalue weighted by atomic mass is 9.94. The Morgan fingerprint density at radius 1 is 0.785 bits per heavy atom. The minimum Gasteiger partial charge on any atom is -0.453 e. The van der Waals surface area contributed by atoms with Crippen molar-refractivity contribution in [3.05, 3.63) is 77.7 Å². The van der Waals surface area contributed by atoms with Crippen LogP contribution in [0.5, 0.6) is 0 Å². The third kappa shape index (κ3) is 7.23. The molecule has 5 N–H and O–H groups in total. The molecule has 2 bridgehead atoms. The highest BCUT2D eigenvalue weighted by Crippen LogP contribution is 2.59. The Morgan fingerprint density at radius 2 is 1.38 bits per heavy atom. The maximum Gasteiger partial charge on any atom is 0.407 e. The largest absolute Gasteiger partial charge is 0.453 e. The van der Waals surface area contributed by atoms with E-state index < -0.39 is 30.2 Å². The van der Waals surface area contributed by atoms with E-state index in [-0.39, 0.29) is 70.4 Å². The molecule has 3 aliphatic carbocycles. The van der Waals surface area contributed by atoms with Crippen molar-refractivity contribution in [1.82, 2.24) is 30.4 Å². The number of carbonyl (C=O) groups excluding carboxylic acids is 4. The van der Waals surface area contributed by atoms with Crippen molar-refractivity contribution in [3.63, 3.8) is 0 Å². The number of piperidine rings is 1. The lowest BCUT2D eigenvalue weighted by molar-refractivity contribution is -0.139. The molecule has 1 unspecified atom stereocenters. The van der Waals surface area contributed by atoms with Gasteiger partial charge in [0.1, 0.15) is 24.1 Å². The smallest absolute Gasteiger partial charge is 0.407 e. The van der Waals surface area contributed by atoms with Crippen LogP contribution in [0.25, 0.3) is 33.5 Å². The Kier molecular flexibility index (Phi) is 10.4. The number of halogens is 2. The zero-order valence-electron chi connectivity index (χ0n) is 37.5. The number of alkyl halides is 2. The number of fused-ring (bicyclic) bond motifs is 6. The number of benzene rings is 3. The van der Waals surface area contributed by atoms with Crippen LogP contribution in [0.4, 0.5) is 29.7 Å². The molecule has 1 aromatic heterocycles. The van der Waals surface area contributed by atoms with Crippen molar-refractivity contribution in [2.24, 2.45) is 23.2 Å². The fraction of sp³-hybridized carbons (Fsp3) is 0.490. The van der Waals surface area contributed by atoms with Gasteiger partial charge in [-0.05, 0) is 108 Å². The molecule has 14 nitrogen and oxygen atoms in total. The second kappa shape index (κ2) is 15.8. The molecular weight excluding hydrogens is 835 g/mol. The van der Waals surface area contributed by atoms with Gasteiger partial charge in [-0.1, -0.05) is 58.0 Å². The summed E-state index contributed by atoms with van der Waals surface area (Å²) in [5.41, 5.74) is 4.93. The SMILES string of the molecule is COC(=O)N[C@H](C(=O)N1CC2(CC2)C[C@H]1c1nc(-c2ccc3c(c2)C(F)(F)c2cc(-c4ccc5c(c4)NC([C@@H]4[C@H]6CC[C@H](C6)N4C(=O)[C@@H](NC(=O)OC)C(C)C)N5)ccc2-3)c[nH]1)C(C)C. The molecule has 4 heterocycles. The average molecular weight is 891 g/mol. The Morgan fingerprint density at radius 3 is 2.03 bits per heavy atom. The first-order chi connectivity index (χ1) is 31.1. The molecule has 342 valence electrons. The van der Waals surface area contributed by atoms with Crippen molar-refractivity contribution in [1.29, 1.82) is 0 Å². The Labute approximate surface area is 376 Å². The van der Waals surface area contributed by atoms with Crippen LogP contribution in [-0.4, -0.2) is 94.9 Å². The van der Waals surface area contributed by atoms with Gasteiger partial charge in [-0.2, -0.15) is 8.78 Å². The van der Waals surface area contributed by atoms with E-state index in [0.717, 1.165) is 55.5 Å². The molecule has 7 atom stereocenters. The number of anilines is 2. The topological polar surface area (TPSA) is 170 Å². The number of H-pyrrole nitrogens is 1. The number of methoxy groups -OCH3 is 2. The molecule has 16 heteroatoms. The van der Waals surface area contributed by atoms with Crippen LogP contribution in [-0.2, 0) is 25.0 Å². The van der Waals surface area contributed by atoms with Crippen molar-refractivity contribution in [2.75, 3.05) is 31.4 Å². The van der Waals surface area contributed by atoms with Crippen LogP contribution in [0.15, 0.2) is 60.8 Å². The van der Waals surface area contributed by atoms with Crippen LogP contribution in [0.2, 0.25) is 0 Å². The number of aromatic amines is 1. The van der Waals surface area contributed by atoms with Gasteiger partial charge in [0.25, 0.3) is 5.92 Å². The van der Waals surface area contributed by atoms with Crippen molar-refractivity contribution in [2.45, 2.75) is 109 Å². The number of rotatable bonds is 10. The number of likely N-dealkylation sites (tertiary alicyclic amines) is 2. The molecule has 4 amide bonds. The zero-order valence-corrected chi connectivity index (χ0v) is 37.5. The van der Waals surface area contributed by atoms with E-state index in [1.807, 2.05) is 62.9 Å². The first-order valence-electron chi connectivity index (χ1n) is 22.8. The van der Waals surface area contributed by atoms with Crippen LogP contribution < -0.4 is 21.3 Å². The van der Waals surface area contributed by atoms with E-state index in [1.54, 1.807) is 29.3 Å². The highest BCUT2D eigenvalue weighted by atomic mass is 19.3. The van der Waals surface area contributed by atoms with Crippen LogP contribution in [0.3, 0.4) is 0 Å². The predicted molar refractivity (Wildman–Crippen MR) is 240 cm³/mol. The van der Waals surface area contributed by atoms with E-state index in [1.165, 1.54) is 20.3 Å². The van der Waals surface area contributed by atoms with Gasteiger partial charge in [0.2, 0.25) is 11.8 Å². The number of hydrogen-bond donors (Lipinski definition) is 5. The van der Waals surface area contributed by atoms with Gasteiger partial charge < -0.3 is 45.5 Å². The number of imidazole rings is 1. The van der Waals surface area contributed by atoms with Gasteiger partial charge in [0.15, 0.2) is 0 Å². The van der Waals surface area contributed by atoms with Gasteiger partial charge in [-0.25, -0.2) is 14.6 Å². The quantitative estimate of drug-likeness (QED) is 0.105. The molecule has 4 fully saturated rings. The number of nitrogens with zero attached hydrogens (tertiary/aromatic N) is 3. The van der Waals surface area contributed by atoms with Crippen molar-refractivity contribution >= 4 is 35.4 Å². The summed E-state index contributed by atoms with van der Waals surface area (Å²) in [5.74, 6) is -3.06. The first-order valence-corrected chi connectivity index (χ1v) is 22.8. The number of ether oxygens (including phenoxy) is 2. The van der Waals surface area contributed by atoms with E-state index in [0.29, 0.717) is 40.3 Å². The maximum absolute atomic E-state index is 16.7. The molecule has 1 spiro atoms. The van der Waals surface area contributed by atoms with Crippen molar-refractivity contribution < 1.29 is 37.4 Å². The lowest BCUT2D eigenvalue weighted by Gasteiger charge is -2.41. The highest BCUT2D eigenvalue weighted by Gasteiger charge is 2.56. The Bertz CT molecular complexity index is 2590. The second-order valence-electron chi connectivity index (χ2n) is 19.7. The Hall–Kier alpha value is -6.19. The fourth-order valence-corrected chi connectivity index (χ4v) is 11.3. The van der Waals surface area contributed by atoms with Gasteiger partial charge in [-0.15, -0.1) is 0 Å². The second-order valence-corrected chi connectivity index (χ2v) is 19.7. The molecule has 2 saturated heterocycles. The van der Waals surface area contributed by atoms with Crippen LogP contribution in [0, 0.1) is 23.2 Å². The predicted octanol–water partition coefficient (Wildman–Crippen LogP) is 8.22. The summed E-state index contributed by atoms with van der Waals surface area (Å²) in [7, 11) is 2.55. The number of amides is 4.